The molecule has 1 aromatic rings. The minimum absolute atomic E-state index is 0.0445. The van der Waals surface area contributed by atoms with Crippen LogP contribution in [0.3, 0.4) is 0 Å². The Hall–Kier alpha value is -1.26. The quantitative estimate of drug-likeness (QED) is 0.806. The van der Waals surface area contributed by atoms with Crippen LogP contribution in [0.2, 0.25) is 0 Å². The summed E-state index contributed by atoms with van der Waals surface area (Å²) in [6, 6.07) is 3.75. The van der Waals surface area contributed by atoms with Crippen molar-refractivity contribution in [3.8, 4) is 0 Å². The summed E-state index contributed by atoms with van der Waals surface area (Å²) < 4.78 is 5.49. The number of hydrogen-bond acceptors (Lipinski definition) is 4. The molecule has 0 aromatic carbocycles. The minimum Gasteiger partial charge on any atom is -0.375 e. The number of ether oxygens (including phenoxy) is 1. The number of hydrogen-bond donors (Lipinski definition) is 1. The molecular formula is C12H16N2O2. The van der Waals surface area contributed by atoms with Crippen LogP contribution in [0.1, 0.15) is 12.0 Å². The maximum Gasteiger partial charge on any atom is 0.139 e. The second kappa shape index (κ2) is 5.72. The van der Waals surface area contributed by atoms with E-state index in [9.17, 15) is 4.79 Å². The van der Waals surface area contributed by atoms with Gasteiger partial charge in [0.2, 0.25) is 0 Å². The minimum atomic E-state index is 0.0445. The van der Waals surface area contributed by atoms with Gasteiger partial charge in [0.05, 0.1) is 12.7 Å². The molecule has 2 rings (SSSR count). The SMILES string of the molecule is O=C(Cc1ccncc1)CC1CNCCO1. The first-order chi connectivity index (χ1) is 7.84. The van der Waals surface area contributed by atoms with E-state index < -0.39 is 0 Å². The summed E-state index contributed by atoms with van der Waals surface area (Å²) in [6.07, 6.45) is 4.43. The lowest BCUT2D eigenvalue weighted by Gasteiger charge is -2.22. The van der Waals surface area contributed by atoms with Gasteiger partial charge < -0.3 is 10.1 Å². The van der Waals surface area contributed by atoms with Crippen molar-refractivity contribution in [2.45, 2.75) is 18.9 Å². The van der Waals surface area contributed by atoms with Crippen LogP contribution in [0.5, 0.6) is 0 Å². The van der Waals surface area contributed by atoms with Gasteiger partial charge in [0.1, 0.15) is 5.78 Å². The third-order valence-corrected chi connectivity index (χ3v) is 2.61. The van der Waals surface area contributed by atoms with E-state index in [2.05, 4.69) is 10.3 Å². The first-order valence-electron chi connectivity index (χ1n) is 5.57. The Kier molecular flexibility index (Phi) is 4.02. The van der Waals surface area contributed by atoms with Crippen molar-refractivity contribution in [3.05, 3.63) is 30.1 Å². The van der Waals surface area contributed by atoms with Gasteiger partial charge in [-0.15, -0.1) is 0 Å². The Morgan fingerprint density at radius 1 is 1.50 bits per heavy atom. The summed E-state index contributed by atoms with van der Waals surface area (Å²) in [4.78, 5) is 15.7. The molecule has 0 bridgehead atoms. The van der Waals surface area contributed by atoms with E-state index in [1.54, 1.807) is 12.4 Å². The Morgan fingerprint density at radius 2 is 2.31 bits per heavy atom. The van der Waals surface area contributed by atoms with Crippen molar-refractivity contribution < 1.29 is 9.53 Å². The van der Waals surface area contributed by atoms with E-state index in [0.29, 0.717) is 19.4 Å². The normalized spacial score (nSPS) is 20.6. The zero-order valence-electron chi connectivity index (χ0n) is 9.19. The predicted molar refractivity (Wildman–Crippen MR) is 60.2 cm³/mol. The van der Waals surface area contributed by atoms with Crippen LogP contribution < -0.4 is 5.32 Å². The van der Waals surface area contributed by atoms with Gasteiger partial charge in [-0.1, -0.05) is 0 Å². The number of rotatable bonds is 4. The second-order valence-electron chi connectivity index (χ2n) is 3.97. The van der Waals surface area contributed by atoms with Gasteiger partial charge in [-0.25, -0.2) is 0 Å². The molecule has 16 heavy (non-hydrogen) atoms. The highest BCUT2D eigenvalue weighted by molar-refractivity contribution is 5.81. The Balaban J connectivity index is 1.80. The summed E-state index contributed by atoms with van der Waals surface area (Å²) in [5, 5.41) is 3.22. The summed E-state index contributed by atoms with van der Waals surface area (Å²) >= 11 is 0. The van der Waals surface area contributed by atoms with E-state index >= 15 is 0 Å². The first kappa shape index (κ1) is 11.2. The topological polar surface area (TPSA) is 51.2 Å². The lowest BCUT2D eigenvalue weighted by molar-refractivity contribution is -0.121. The smallest absolute Gasteiger partial charge is 0.139 e. The zero-order chi connectivity index (χ0) is 11.2. The van der Waals surface area contributed by atoms with Gasteiger partial charge in [0.15, 0.2) is 0 Å². The largest absolute Gasteiger partial charge is 0.375 e. The molecule has 1 aliphatic rings. The molecule has 1 saturated heterocycles. The lowest BCUT2D eigenvalue weighted by atomic mass is 10.1. The highest BCUT2D eigenvalue weighted by atomic mass is 16.5. The molecule has 2 heterocycles. The predicted octanol–water partition coefficient (Wildman–Crippen LogP) is 0.572. The van der Waals surface area contributed by atoms with Crippen LogP contribution in [0.4, 0.5) is 0 Å². The van der Waals surface area contributed by atoms with Gasteiger partial charge in [-0.05, 0) is 17.7 Å². The van der Waals surface area contributed by atoms with Crippen LogP contribution in [0.25, 0.3) is 0 Å². The van der Waals surface area contributed by atoms with Crippen LogP contribution in [0.15, 0.2) is 24.5 Å². The molecule has 1 aliphatic heterocycles. The van der Waals surface area contributed by atoms with Crippen LogP contribution in [-0.4, -0.2) is 36.6 Å². The number of pyridine rings is 1. The fourth-order valence-electron chi connectivity index (χ4n) is 1.81. The van der Waals surface area contributed by atoms with Gasteiger partial charge in [-0.2, -0.15) is 0 Å². The van der Waals surface area contributed by atoms with Gasteiger partial charge >= 0.3 is 0 Å². The third-order valence-electron chi connectivity index (χ3n) is 2.61. The molecule has 1 fully saturated rings. The first-order valence-corrected chi connectivity index (χ1v) is 5.57. The molecule has 0 saturated carbocycles. The van der Waals surface area contributed by atoms with Crippen molar-refractivity contribution >= 4 is 5.78 Å². The highest BCUT2D eigenvalue weighted by Crippen LogP contribution is 2.06. The van der Waals surface area contributed by atoms with Gasteiger partial charge in [0, 0.05) is 38.3 Å². The molecule has 1 aromatic heterocycles. The van der Waals surface area contributed by atoms with Crippen molar-refractivity contribution in [2.75, 3.05) is 19.7 Å². The maximum atomic E-state index is 11.8. The number of morpholine rings is 1. The van der Waals surface area contributed by atoms with Crippen LogP contribution in [0, 0.1) is 0 Å². The standard InChI is InChI=1S/C12H16N2O2/c15-11(7-10-1-3-13-4-2-10)8-12-9-14-5-6-16-12/h1-4,12,14H,5-9H2. The number of ketones is 1. The number of carbonyl (C=O) groups is 1. The van der Waals surface area contributed by atoms with E-state index in [-0.39, 0.29) is 11.9 Å². The van der Waals surface area contributed by atoms with Crippen molar-refractivity contribution in [1.82, 2.24) is 10.3 Å². The van der Waals surface area contributed by atoms with Crippen molar-refractivity contribution in [3.63, 3.8) is 0 Å². The molecule has 1 unspecified atom stereocenters. The molecule has 4 nitrogen and oxygen atoms in total. The molecule has 86 valence electrons. The molecule has 0 radical (unpaired) electrons. The highest BCUT2D eigenvalue weighted by Gasteiger charge is 2.17. The summed E-state index contributed by atoms with van der Waals surface area (Å²) in [5.41, 5.74) is 1.02. The third kappa shape index (κ3) is 3.40. The molecule has 4 heteroatoms. The average molecular weight is 220 g/mol. The zero-order valence-corrected chi connectivity index (χ0v) is 9.19. The lowest BCUT2D eigenvalue weighted by Crippen LogP contribution is -2.39. The number of Topliss-reactive ketones (excluding diaryl/α,β-unsaturated/α-hetero) is 1. The summed E-state index contributed by atoms with van der Waals surface area (Å²) in [7, 11) is 0. The van der Waals surface area contributed by atoms with E-state index in [4.69, 9.17) is 4.74 Å². The maximum absolute atomic E-state index is 11.8. The fourth-order valence-corrected chi connectivity index (χ4v) is 1.81. The second-order valence-corrected chi connectivity index (χ2v) is 3.97. The van der Waals surface area contributed by atoms with Crippen molar-refractivity contribution in [2.24, 2.45) is 0 Å². The van der Waals surface area contributed by atoms with Gasteiger partial charge in [0.25, 0.3) is 0 Å². The Labute approximate surface area is 95.0 Å². The van der Waals surface area contributed by atoms with E-state index in [1.165, 1.54) is 0 Å². The molecule has 0 spiro atoms. The molecular weight excluding hydrogens is 204 g/mol. The van der Waals surface area contributed by atoms with Crippen LogP contribution in [-0.2, 0) is 16.0 Å². The van der Waals surface area contributed by atoms with E-state index in [1.807, 2.05) is 12.1 Å². The molecule has 1 atom stereocenters. The number of aromatic nitrogens is 1. The van der Waals surface area contributed by atoms with Gasteiger partial charge in [-0.3, -0.25) is 9.78 Å². The molecule has 0 amide bonds. The Morgan fingerprint density at radius 3 is 3.00 bits per heavy atom. The molecule has 0 aliphatic carbocycles. The fraction of sp³-hybridized carbons (Fsp3) is 0.500. The number of nitrogens with zero attached hydrogens (tertiary/aromatic N) is 1. The summed E-state index contributed by atoms with van der Waals surface area (Å²) in [5.74, 6) is 0.222. The molecule has 1 N–H and O–H groups in total. The van der Waals surface area contributed by atoms with E-state index in [0.717, 1.165) is 18.7 Å². The Bertz CT molecular complexity index is 334. The van der Waals surface area contributed by atoms with Crippen molar-refractivity contribution in [1.29, 1.82) is 0 Å². The number of nitrogens with one attached hydrogen (secondary N) is 1. The van der Waals surface area contributed by atoms with Crippen LogP contribution >= 0.6 is 0 Å². The number of carbonyl (C=O) groups excluding carboxylic acids is 1. The monoisotopic (exact) mass is 220 g/mol. The average Bonchev–Trinajstić information content (AvgIpc) is 2.31. The summed E-state index contributed by atoms with van der Waals surface area (Å²) in [6.45, 7) is 2.37.